The third-order valence-corrected chi connectivity index (χ3v) is 3.52. The molecule has 0 radical (unpaired) electrons. The van der Waals surface area contributed by atoms with Gasteiger partial charge < -0.3 is 20.6 Å². The highest BCUT2D eigenvalue weighted by Crippen LogP contribution is 2.36. The van der Waals surface area contributed by atoms with E-state index in [2.05, 4.69) is 5.32 Å². The van der Waals surface area contributed by atoms with Crippen molar-refractivity contribution >= 4 is 11.6 Å². The lowest BCUT2D eigenvalue weighted by Crippen LogP contribution is -2.27. The average Bonchev–Trinajstić information content (AvgIpc) is 2.44. The molecule has 0 bridgehead atoms. The van der Waals surface area contributed by atoms with Crippen LogP contribution in [0.25, 0.3) is 0 Å². The van der Waals surface area contributed by atoms with Crippen LogP contribution in [0.4, 0.5) is 0 Å². The number of hydrogen-bond donors (Lipinski definition) is 4. The average molecular weight is 308 g/mol. The van der Waals surface area contributed by atoms with Crippen molar-refractivity contribution in [1.82, 2.24) is 5.32 Å². The Hall–Kier alpha value is -1.91. The van der Waals surface area contributed by atoms with Gasteiger partial charge in [0.25, 0.3) is 0 Å². The van der Waals surface area contributed by atoms with Crippen LogP contribution in [0.5, 0.6) is 17.2 Å². The molecule has 5 heteroatoms. The summed E-state index contributed by atoms with van der Waals surface area (Å²) in [5.74, 6) is -1.11. The highest BCUT2D eigenvalue weighted by atomic mass is 35.5. The van der Waals surface area contributed by atoms with E-state index in [0.717, 1.165) is 12.0 Å². The molecule has 0 saturated heterocycles. The summed E-state index contributed by atoms with van der Waals surface area (Å²) in [5, 5.41) is 32.5. The van der Waals surface area contributed by atoms with E-state index in [1.807, 2.05) is 31.2 Å². The number of phenols is 3. The van der Waals surface area contributed by atoms with Crippen LogP contribution < -0.4 is 5.32 Å². The summed E-state index contributed by atoms with van der Waals surface area (Å²) in [6, 6.07) is 10.8. The predicted octanol–water partition coefficient (Wildman–Crippen LogP) is 3.18. The van der Waals surface area contributed by atoms with Gasteiger partial charge >= 0.3 is 0 Å². The van der Waals surface area contributed by atoms with Crippen LogP contribution in [0.1, 0.15) is 18.1 Å². The van der Waals surface area contributed by atoms with Gasteiger partial charge in [0.05, 0.1) is 0 Å². The summed E-state index contributed by atoms with van der Waals surface area (Å²) >= 11 is 5.95. The second kappa shape index (κ2) is 6.70. The van der Waals surface area contributed by atoms with E-state index in [-0.39, 0.29) is 17.5 Å². The van der Waals surface area contributed by atoms with E-state index in [1.165, 1.54) is 6.07 Å². The molecule has 0 heterocycles. The summed E-state index contributed by atoms with van der Waals surface area (Å²) in [4.78, 5) is 0. The minimum Gasteiger partial charge on any atom is -0.504 e. The number of nitrogens with one attached hydrogen (secondary N) is 1. The zero-order valence-corrected chi connectivity index (χ0v) is 12.4. The van der Waals surface area contributed by atoms with Crippen molar-refractivity contribution in [2.45, 2.75) is 25.9 Å². The summed E-state index contributed by atoms with van der Waals surface area (Å²) < 4.78 is 0. The van der Waals surface area contributed by atoms with Gasteiger partial charge in [-0.05, 0) is 37.1 Å². The van der Waals surface area contributed by atoms with E-state index in [0.29, 0.717) is 17.1 Å². The normalized spacial score (nSPS) is 12.3. The van der Waals surface area contributed by atoms with E-state index in [1.54, 1.807) is 6.07 Å². The predicted molar refractivity (Wildman–Crippen MR) is 82.9 cm³/mol. The van der Waals surface area contributed by atoms with Crippen molar-refractivity contribution in [3.05, 3.63) is 52.5 Å². The number of aromatic hydroxyl groups is 3. The van der Waals surface area contributed by atoms with Crippen LogP contribution in [-0.2, 0) is 13.0 Å². The number of phenolic OH excluding ortho intramolecular Hbond substituents is 3. The standard InChI is InChI=1S/C16H18ClNO3/c1-10(7-11-3-2-4-13(17)8-11)18-9-12-5-6-14(19)16(21)15(12)20/h2-6,8,10,18-21H,7,9H2,1H3. The van der Waals surface area contributed by atoms with Gasteiger partial charge in [-0.1, -0.05) is 29.8 Å². The van der Waals surface area contributed by atoms with E-state index >= 15 is 0 Å². The maximum Gasteiger partial charge on any atom is 0.200 e. The van der Waals surface area contributed by atoms with Crippen molar-refractivity contribution in [3.8, 4) is 17.2 Å². The quantitative estimate of drug-likeness (QED) is 0.640. The number of rotatable bonds is 5. The first-order valence-electron chi connectivity index (χ1n) is 6.68. The first-order chi connectivity index (χ1) is 9.97. The molecular formula is C16H18ClNO3. The first kappa shape index (κ1) is 15.5. The largest absolute Gasteiger partial charge is 0.504 e. The molecule has 21 heavy (non-hydrogen) atoms. The Morgan fingerprint density at radius 3 is 2.57 bits per heavy atom. The molecule has 0 aliphatic carbocycles. The molecule has 0 aliphatic heterocycles. The summed E-state index contributed by atoms with van der Waals surface area (Å²) in [6.07, 6.45) is 0.797. The molecule has 0 saturated carbocycles. The highest BCUT2D eigenvalue weighted by Gasteiger charge is 2.12. The van der Waals surface area contributed by atoms with Gasteiger partial charge in [-0.3, -0.25) is 0 Å². The highest BCUT2D eigenvalue weighted by molar-refractivity contribution is 6.30. The van der Waals surface area contributed by atoms with Gasteiger partial charge in [0.2, 0.25) is 5.75 Å². The smallest absolute Gasteiger partial charge is 0.200 e. The van der Waals surface area contributed by atoms with Crippen LogP contribution in [-0.4, -0.2) is 21.4 Å². The summed E-state index contributed by atoms with van der Waals surface area (Å²) in [6.45, 7) is 2.42. The molecule has 0 spiro atoms. The fourth-order valence-corrected chi connectivity index (χ4v) is 2.34. The third kappa shape index (κ3) is 4.03. The van der Waals surface area contributed by atoms with Gasteiger partial charge in [-0.15, -0.1) is 0 Å². The molecule has 4 nitrogen and oxygen atoms in total. The van der Waals surface area contributed by atoms with Gasteiger partial charge in [-0.25, -0.2) is 0 Å². The maximum absolute atomic E-state index is 9.75. The van der Waals surface area contributed by atoms with E-state index < -0.39 is 5.75 Å². The molecule has 2 aromatic rings. The molecule has 1 atom stereocenters. The Bertz CT molecular complexity index is 631. The lowest BCUT2D eigenvalue weighted by molar-refractivity contribution is 0.363. The summed E-state index contributed by atoms with van der Waals surface area (Å²) in [5.41, 5.74) is 1.66. The Morgan fingerprint density at radius 2 is 1.86 bits per heavy atom. The van der Waals surface area contributed by atoms with Crippen LogP contribution in [0.15, 0.2) is 36.4 Å². The molecule has 112 valence electrons. The molecular weight excluding hydrogens is 290 g/mol. The number of hydrogen-bond acceptors (Lipinski definition) is 4. The van der Waals surface area contributed by atoms with Gasteiger partial charge in [-0.2, -0.15) is 0 Å². The van der Waals surface area contributed by atoms with Crippen LogP contribution in [0, 0.1) is 0 Å². The van der Waals surface area contributed by atoms with Crippen LogP contribution in [0.2, 0.25) is 5.02 Å². The van der Waals surface area contributed by atoms with Crippen molar-refractivity contribution in [2.75, 3.05) is 0 Å². The SMILES string of the molecule is CC(Cc1cccc(Cl)c1)NCc1ccc(O)c(O)c1O. The molecule has 1 unspecified atom stereocenters. The third-order valence-electron chi connectivity index (χ3n) is 3.29. The Balaban J connectivity index is 1.95. The van der Waals surface area contributed by atoms with Crippen LogP contribution >= 0.6 is 11.6 Å². The fourth-order valence-electron chi connectivity index (χ4n) is 2.13. The topological polar surface area (TPSA) is 72.7 Å². The van der Waals surface area contributed by atoms with Crippen LogP contribution in [0.3, 0.4) is 0 Å². The zero-order valence-electron chi connectivity index (χ0n) is 11.7. The number of benzene rings is 2. The second-order valence-corrected chi connectivity index (χ2v) is 5.49. The lowest BCUT2D eigenvalue weighted by Gasteiger charge is -2.15. The molecule has 0 fully saturated rings. The van der Waals surface area contributed by atoms with Crippen molar-refractivity contribution in [3.63, 3.8) is 0 Å². The molecule has 2 aromatic carbocycles. The van der Waals surface area contributed by atoms with Crippen molar-refractivity contribution in [1.29, 1.82) is 0 Å². The fraction of sp³-hybridized carbons (Fsp3) is 0.250. The van der Waals surface area contributed by atoms with Crippen molar-refractivity contribution in [2.24, 2.45) is 0 Å². The van der Waals surface area contributed by atoms with E-state index in [4.69, 9.17) is 11.6 Å². The lowest BCUT2D eigenvalue weighted by atomic mass is 10.1. The van der Waals surface area contributed by atoms with E-state index in [9.17, 15) is 15.3 Å². The summed E-state index contributed by atoms with van der Waals surface area (Å²) in [7, 11) is 0. The molecule has 4 N–H and O–H groups in total. The molecule has 2 rings (SSSR count). The Labute approximate surface area is 128 Å². The monoisotopic (exact) mass is 307 g/mol. The number of halogens is 1. The van der Waals surface area contributed by atoms with Crippen molar-refractivity contribution < 1.29 is 15.3 Å². The maximum atomic E-state index is 9.75. The Kier molecular flexibility index (Phi) is 4.94. The van der Waals surface area contributed by atoms with Gasteiger partial charge in [0, 0.05) is 23.2 Å². The van der Waals surface area contributed by atoms with Gasteiger partial charge in [0.1, 0.15) is 0 Å². The Morgan fingerprint density at radius 1 is 1.10 bits per heavy atom. The molecule has 0 aliphatic rings. The second-order valence-electron chi connectivity index (χ2n) is 5.06. The van der Waals surface area contributed by atoms with Gasteiger partial charge in [0.15, 0.2) is 11.5 Å². The zero-order chi connectivity index (χ0) is 15.4. The minimum atomic E-state index is -0.489. The molecule has 0 amide bonds. The molecule has 0 aromatic heterocycles. The minimum absolute atomic E-state index is 0.166. The first-order valence-corrected chi connectivity index (χ1v) is 7.05.